The lowest BCUT2D eigenvalue weighted by Gasteiger charge is -2.32. The molecule has 6 heteroatoms. The van der Waals surface area contributed by atoms with Crippen LogP contribution in [0.5, 0.6) is 0 Å². The number of likely N-dealkylation sites (tertiary alicyclic amines) is 1. The van der Waals surface area contributed by atoms with Crippen LogP contribution in [0.1, 0.15) is 24.0 Å². The highest BCUT2D eigenvalue weighted by Crippen LogP contribution is 2.21. The normalized spacial score (nSPS) is 22.8. The molecule has 1 saturated heterocycles. The highest BCUT2D eigenvalue weighted by molar-refractivity contribution is 5.29. The van der Waals surface area contributed by atoms with E-state index in [1.54, 1.807) is 12.7 Å². The Hall–Kier alpha value is -1.76. The molecule has 0 aliphatic carbocycles. The van der Waals surface area contributed by atoms with Gasteiger partial charge >= 0.3 is 0 Å². The van der Waals surface area contributed by atoms with Crippen molar-refractivity contribution in [3.8, 4) is 0 Å². The molecule has 0 saturated carbocycles. The molecule has 0 radical (unpaired) electrons. The molecular formula is C19H27N5O. The summed E-state index contributed by atoms with van der Waals surface area (Å²) in [6.45, 7) is 5.42. The first kappa shape index (κ1) is 16.7. The Morgan fingerprint density at radius 3 is 2.88 bits per heavy atom. The number of β-amino-alcohol motifs (C(OH)–C–C–N with tert-alkyl or cyclic N) is 1. The molecule has 2 aliphatic heterocycles. The van der Waals surface area contributed by atoms with Gasteiger partial charge in [0.2, 0.25) is 0 Å². The van der Waals surface area contributed by atoms with Crippen LogP contribution in [0.4, 0.5) is 0 Å². The summed E-state index contributed by atoms with van der Waals surface area (Å²) < 4.78 is 1.90. The second-order valence-corrected chi connectivity index (χ2v) is 7.32. The Balaban J connectivity index is 1.29. The van der Waals surface area contributed by atoms with Crippen LogP contribution in [0.25, 0.3) is 0 Å². The van der Waals surface area contributed by atoms with Crippen LogP contribution in [0.3, 0.4) is 0 Å². The molecule has 3 heterocycles. The average molecular weight is 341 g/mol. The zero-order chi connectivity index (χ0) is 17.1. The molecule has 0 amide bonds. The molecule has 1 aromatic carbocycles. The van der Waals surface area contributed by atoms with Crippen LogP contribution in [0, 0.1) is 0 Å². The quantitative estimate of drug-likeness (QED) is 0.854. The van der Waals surface area contributed by atoms with Gasteiger partial charge in [-0.2, -0.15) is 5.10 Å². The second kappa shape index (κ2) is 7.64. The van der Waals surface area contributed by atoms with E-state index in [4.69, 9.17) is 0 Å². The summed E-state index contributed by atoms with van der Waals surface area (Å²) in [5.41, 5.74) is 2.87. The van der Waals surface area contributed by atoms with Crippen molar-refractivity contribution in [2.45, 2.75) is 44.5 Å². The largest absolute Gasteiger partial charge is 0.390 e. The van der Waals surface area contributed by atoms with Gasteiger partial charge in [-0.05, 0) is 36.9 Å². The summed E-state index contributed by atoms with van der Waals surface area (Å²) in [5.74, 6) is 0. The summed E-state index contributed by atoms with van der Waals surface area (Å²) in [6.07, 6.45) is 6.51. The standard InChI is InChI=1S/C19H27N5O/c25-19(12-22-9-7-16-4-1-2-5-17(16)10-22)13-23-8-3-6-18(23)11-24-15-20-14-21-24/h1-2,4-5,14-15,18-19,25H,3,6-13H2/t18-,19-/m0/s1. The Morgan fingerprint density at radius 1 is 1.16 bits per heavy atom. The third-order valence-electron chi connectivity index (χ3n) is 5.49. The fourth-order valence-electron chi connectivity index (χ4n) is 4.22. The van der Waals surface area contributed by atoms with E-state index in [0.717, 1.165) is 45.7 Å². The highest BCUT2D eigenvalue weighted by atomic mass is 16.3. The van der Waals surface area contributed by atoms with E-state index < -0.39 is 0 Å². The van der Waals surface area contributed by atoms with Gasteiger partial charge in [-0.25, -0.2) is 4.98 Å². The number of aliphatic hydroxyl groups excluding tert-OH is 1. The van der Waals surface area contributed by atoms with Crippen LogP contribution < -0.4 is 0 Å². The SMILES string of the molecule is O[C@@H](CN1CCc2ccccc2C1)CN1CCC[C@H]1Cn1cncn1. The van der Waals surface area contributed by atoms with Crippen LogP contribution in [0.2, 0.25) is 0 Å². The van der Waals surface area contributed by atoms with E-state index in [1.165, 1.54) is 24.0 Å². The fourth-order valence-corrected chi connectivity index (χ4v) is 4.22. The predicted octanol–water partition coefficient (Wildman–Crippen LogP) is 1.16. The van der Waals surface area contributed by atoms with Gasteiger partial charge in [0, 0.05) is 32.2 Å². The lowest BCUT2D eigenvalue weighted by Crippen LogP contribution is -2.44. The first-order chi connectivity index (χ1) is 12.3. The van der Waals surface area contributed by atoms with Gasteiger partial charge in [-0.1, -0.05) is 24.3 Å². The summed E-state index contributed by atoms with van der Waals surface area (Å²) in [6, 6.07) is 9.12. The molecule has 2 aromatic rings. The van der Waals surface area contributed by atoms with Crippen molar-refractivity contribution in [2.75, 3.05) is 26.2 Å². The smallest absolute Gasteiger partial charge is 0.137 e. The molecule has 0 unspecified atom stereocenters. The number of rotatable bonds is 6. The predicted molar refractivity (Wildman–Crippen MR) is 96.0 cm³/mol. The van der Waals surface area contributed by atoms with Crippen LogP contribution >= 0.6 is 0 Å². The Labute approximate surface area is 149 Å². The lowest BCUT2D eigenvalue weighted by molar-refractivity contribution is 0.0621. The van der Waals surface area contributed by atoms with Crippen molar-refractivity contribution < 1.29 is 5.11 Å². The van der Waals surface area contributed by atoms with Gasteiger partial charge in [-0.15, -0.1) is 0 Å². The molecule has 134 valence electrons. The first-order valence-electron chi connectivity index (χ1n) is 9.31. The summed E-state index contributed by atoms with van der Waals surface area (Å²) in [4.78, 5) is 8.83. The van der Waals surface area contributed by atoms with E-state index in [-0.39, 0.29) is 6.10 Å². The number of benzene rings is 1. The maximum absolute atomic E-state index is 10.6. The number of hydrogen-bond donors (Lipinski definition) is 1. The molecule has 0 bridgehead atoms. The molecule has 4 rings (SSSR count). The average Bonchev–Trinajstić information content (AvgIpc) is 3.28. The van der Waals surface area contributed by atoms with Crippen molar-refractivity contribution in [1.29, 1.82) is 0 Å². The van der Waals surface area contributed by atoms with Crippen molar-refractivity contribution in [3.63, 3.8) is 0 Å². The third-order valence-corrected chi connectivity index (χ3v) is 5.49. The Morgan fingerprint density at radius 2 is 2.04 bits per heavy atom. The van der Waals surface area contributed by atoms with Crippen LogP contribution in [0.15, 0.2) is 36.9 Å². The van der Waals surface area contributed by atoms with E-state index in [0.29, 0.717) is 6.04 Å². The summed E-state index contributed by atoms with van der Waals surface area (Å²) in [5, 5.41) is 14.9. The molecule has 0 spiro atoms. The molecule has 25 heavy (non-hydrogen) atoms. The Bertz CT molecular complexity index is 674. The van der Waals surface area contributed by atoms with E-state index in [9.17, 15) is 5.11 Å². The number of aliphatic hydroxyl groups is 1. The van der Waals surface area contributed by atoms with Crippen molar-refractivity contribution in [1.82, 2.24) is 24.6 Å². The van der Waals surface area contributed by atoms with Gasteiger partial charge < -0.3 is 5.11 Å². The molecule has 2 aliphatic rings. The van der Waals surface area contributed by atoms with E-state index >= 15 is 0 Å². The monoisotopic (exact) mass is 341 g/mol. The zero-order valence-corrected chi connectivity index (χ0v) is 14.7. The van der Waals surface area contributed by atoms with Crippen LogP contribution in [-0.4, -0.2) is 68.0 Å². The maximum Gasteiger partial charge on any atom is 0.137 e. The molecule has 1 fully saturated rings. The molecule has 2 atom stereocenters. The van der Waals surface area contributed by atoms with Crippen molar-refractivity contribution >= 4 is 0 Å². The minimum Gasteiger partial charge on any atom is -0.390 e. The topological polar surface area (TPSA) is 57.4 Å². The Kier molecular flexibility index (Phi) is 5.10. The lowest BCUT2D eigenvalue weighted by atomic mass is 10.00. The molecular weight excluding hydrogens is 314 g/mol. The number of nitrogens with zero attached hydrogens (tertiary/aromatic N) is 5. The van der Waals surface area contributed by atoms with E-state index in [2.05, 4.69) is 44.1 Å². The first-order valence-corrected chi connectivity index (χ1v) is 9.31. The number of aromatic nitrogens is 3. The van der Waals surface area contributed by atoms with Gasteiger partial charge in [-0.3, -0.25) is 14.5 Å². The summed E-state index contributed by atoms with van der Waals surface area (Å²) >= 11 is 0. The van der Waals surface area contributed by atoms with E-state index in [1.807, 2.05) is 4.68 Å². The maximum atomic E-state index is 10.6. The second-order valence-electron chi connectivity index (χ2n) is 7.32. The molecule has 1 aromatic heterocycles. The third kappa shape index (κ3) is 4.08. The van der Waals surface area contributed by atoms with Gasteiger partial charge in [0.25, 0.3) is 0 Å². The number of hydrogen-bond acceptors (Lipinski definition) is 5. The minimum atomic E-state index is -0.304. The number of fused-ring (bicyclic) bond motifs is 1. The van der Waals surface area contributed by atoms with Crippen molar-refractivity contribution in [2.24, 2.45) is 0 Å². The summed E-state index contributed by atoms with van der Waals surface area (Å²) in [7, 11) is 0. The minimum absolute atomic E-state index is 0.304. The van der Waals surface area contributed by atoms with Gasteiger partial charge in [0.05, 0.1) is 12.6 Å². The molecule has 6 nitrogen and oxygen atoms in total. The van der Waals surface area contributed by atoms with Gasteiger partial charge in [0.15, 0.2) is 0 Å². The van der Waals surface area contributed by atoms with Gasteiger partial charge in [0.1, 0.15) is 12.7 Å². The van der Waals surface area contributed by atoms with Crippen molar-refractivity contribution in [3.05, 3.63) is 48.0 Å². The highest BCUT2D eigenvalue weighted by Gasteiger charge is 2.28. The van der Waals surface area contributed by atoms with Crippen LogP contribution in [-0.2, 0) is 19.5 Å². The molecule has 1 N–H and O–H groups in total. The zero-order valence-electron chi connectivity index (χ0n) is 14.7. The fraction of sp³-hybridized carbons (Fsp3) is 0.579.